The molecular formula is C18H16Cl2N4OS. The molecule has 0 spiro atoms. The van der Waals surface area contributed by atoms with Crippen LogP contribution in [0, 0.1) is 6.92 Å². The Morgan fingerprint density at radius 1 is 1.27 bits per heavy atom. The number of nitrogens with one attached hydrogen (secondary N) is 1. The lowest BCUT2D eigenvalue weighted by Crippen LogP contribution is -2.23. The number of para-hydroxylation sites is 1. The SMILES string of the molecule is Cc1ccccc1-n1ccnc1SC(C)C(=O)Nc1ncc(Cl)cc1Cl. The van der Waals surface area contributed by atoms with Crippen molar-refractivity contribution in [2.75, 3.05) is 5.32 Å². The van der Waals surface area contributed by atoms with Crippen LogP contribution in [0.15, 0.2) is 54.1 Å². The lowest BCUT2D eigenvalue weighted by molar-refractivity contribution is -0.115. The van der Waals surface area contributed by atoms with Crippen LogP contribution in [0.25, 0.3) is 5.69 Å². The number of benzene rings is 1. The summed E-state index contributed by atoms with van der Waals surface area (Å²) in [6.07, 6.45) is 5.04. The highest BCUT2D eigenvalue weighted by molar-refractivity contribution is 8.00. The molecule has 0 saturated carbocycles. The predicted octanol–water partition coefficient (Wildman–Crippen LogP) is 5.00. The molecule has 8 heteroatoms. The Labute approximate surface area is 165 Å². The molecule has 0 aliphatic heterocycles. The fourth-order valence-corrected chi connectivity index (χ4v) is 3.63. The minimum atomic E-state index is -0.395. The molecule has 0 bridgehead atoms. The van der Waals surface area contributed by atoms with Gasteiger partial charge in [-0.3, -0.25) is 9.36 Å². The van der Waals surface area contributed by atoms with Crippen molar-refractivity contribution < 1.29 is 4.79 Å². The van der Waals surface area contributed by atoms with Crippen molar-refractivity contribution >= 4 is 46.7 Å². The van der Waals surface area contributed by atoms with E-state index in [1.54, 1.807) is 13.1 Å². The number of thioether (sulfide) groups is 1. The summed E-state index contributed by atoms with van der Waals surface area (Å²) < 4.78 is 1.97. The predicted molar refractivity (Wildman–Crippen MR) is 107 cm³/mol. The van der Waals surface area contributed by atoms with Gasteiger partial charge in [-0.2, -0.15) is 0 Å². The van der Waals surface area contributed by atoms with Crippen LogP contribution in [0.2, 0.25) is 10.0 Å². The molecule has 1 atom stereocenters. The lowest BCUT2D eigenvalue weighted by Gasteiger charge is -2.14. The lowest BCUT2D eigenvalue weighted by atomic mass is 10.2. The number of nitrogens with zero attached hydrogens (tertiary/aromatic N) is 3. The largest absolute Gasteiger partial charge is 0.308 e. The van der Waals surface area contributed by atoms with Gasteiger partial charge in [0.2, 0.25) is 5.91 Å². The third-order valence-corrected chi connectivity index (χ3v) is 5.26. The second-order valence-electron chi connectivity index (χ2n) is 5.60. The number of aryl methyl sites for hydroxylation is 1. The highest BCUT2D eigenvalue weighted by Crippen LogP contribution is 2.28. The van der Waals surface area contributed by atoms with Gasteiger partial charge in [0, 0.05) is 18.6 Å². The van der Waals surface area contributed by atoms with Gasteiger partial charge in [-0.15, -0.1) is 0 Å². The van der Waals surface area contributed by atoms with Gasteiger partial charge in [0.1, 0.15) is 0 Å². The van der Waals surface area contributed by atoms with Gasteiger partial charge in [0.25, 0.3) is 0 Å². The van der Waals surface area contributed by atoms with E-state index in [9.17, 15) is 4.79 Å². The van der Waals surface area contributed by atoms with Crippen molar-refractivity contribution in [1.29, 1.82) is 0 Å². The first-order valence-corrected chi connectivity index (χ1v) is 9.47. The summed E-state index contributed by atoms with van der Waals surface area (Å²) in [5.41, 5.74) is 2.16. The number of amides is 1. The molecule has 1 unspecified atom stereocenters. The van der Waals surface area contributed by atoms with E-state index in [1.165, 1.54) is 24.0 Å². The van der Waals surface area contributed by atoms with Crippen molar-refractivity contribution in [3.05, 3.63) is 64.5 Å². The zero-order valence-corrected chi connectivity index (χ0v) is 16.4. The fourth-order valence-electron chi connectivity index (χ4n) is 2.33. The normalized spacial score (nSPS) is 12.0. The molecule has 0 saturated heterocycles. The van der Waals surface area contributed by atoms with Crippen molar-refractivity contribution in [3.63, 3.8) is 0 Å². The van der Waals surface area contributed by atoms with E-state index in [1.807, 2.05) is 42.0 Å². The molecule has 2 heterocycles. The number of rotatable bonds is 5. The molecule has 5 nitrogen and oxygen atoms in total. The van der Waals surface area contributed by atoms with Crippen LogP contribution in [0.3, 0.4) is 0 Å². The van der Waals surface area contributed by atoms with Crippen LogP contribution in [0.4, 0.5) is 5.82 Å². The molecule has 2 aromatic heterocycles. The number of imidazole rings is 1. The summed E-state index contributed by atoms with van der Waals surface area (Å²) in [5.74, 6) is 0.0711. The average Bonchev–Trinajstić information content (AvgIpc) is 3.05. The first-order chi connectivity index (χ1) is 12.5. The first kappa shape index (κ1) is 18.8. The first-order valence-electron chi connectivity index (χ1n) is 7.83. The van der Waals surface area contributed by atoms with Crippen LogP contribution in [0.5, 0.6) is 0 Å². The van der Waals surface area contributed by atoms with Gasteiger partial charge in [0.05, 0.1) is 21.0 Å². The number of carbonyl (C=O) groups is 1. The maximum atomic E-state index is 12.5. The molecule has 134 valence electrons. The highest BCUT2D eigenvalue weighted by atomic mass is 35.5. The quantitative estimate of drug-likeness (QED) is 0.605. The van der Waals surface area contributed by atoms with Crippen LogP contribution in [-0.2, 0) is 4.79 Å². The summed E-state index contributed by atoms with van der Waals surface area (Å²) in [6, 6.07) is 9.55. The number of carbonyl (C=O) groups excluding carboxylic acids is 1. The summed E-state index contributed by atoms with van der Waals surface area (Å²) >= 11 is 13.2. The Balaban J connectivity index is 1.74. The van der Waals surface area contributed by atoms with Crippen molar-refractivity contribution in [1.82, 2.24) is 14.5 Å². The van der Waals surface area contributed by atoms with Crippen molar-refractivity contribution in [2.24, 2.45) is 0 Å². The average molecular weight is 407 g/mol. The van der Waals surface area contributed by atoms with Crippen LogP contribution in [0.1, 0.15) is 12.5 Å². The number of pyridine rings is 1. The molecule has 3 rings (SSSR count). The summed E-state index contributed by atoms with van der Waals surface area (Å²) in [5, 5.41) is 3.77. The minimum absolute atomic E-state index is 0.217. The molecule has 1 aromatic carbocycles. The van der Waals surface area contributed by atoms with Gasteiger partial charge >= 0.3 is 0 Å². The van der Waals surface area contributed by atoms with Crippen LogP contribution < -0.4 is 5.32 Å². The minimum Gasteiger partial charge on any atom is -0.308 e. The number of anilines is 1. The Hall–Kier alpha value is -2.02. The standard InChI is InChI=1S/C18H16Cl2N4OS/c1-11-5-3-4-6-15(11)24-8-7-21-18(24)26-12(2)17(25)23-16-14(20)9-13(19)10-22-16/h3-10,12H,1-2H3,(H,22,23,25). The topological polar surface area (TPSA) is 59.8 Å². The third-order valence-electron chi connectivity index (χ3n) is 3.68. The van der Waals surface area contributed by atoms with E-state index in [-0.39, 0.29) is 11.7 Å². The molecule has 0 radical (unpaired) electrons. The molecule has 0 aliphatic carbocycles. The molecule has 0 fully saturated rings. The number of aromatic nitrogens is 3. The number of hydrogen-bond donors (Lipinski definition) is 1. The van der Waals surface area contributed by atoms with Gasteiger partial charge in [0.15, 0.2) is 11.0 Å². The molecule has 26 heavy (non-hydrogen) atoms. The Morgan fingerprint density at radius 3 is 2.77 bits per heavy atom. The van der Waals surface area contributed by atoms with E-state index >= 15 is 0 Å². The number of halogens is 2. The van der Waals surface area contributed by atoms with Crippen molar-refractivity contribution in [3.8, 4) is 5.69 Å². The maximum absolute atomic E-state index is 12.5. The van der Waals surface area contributed by atoms with E-state index < -0.39 is 5.25 Å². The summed E-state index contributed by atoms with van der Waals surface area (Å²) in [4.78, 5) is 20.9. The molecule has 1 N–H and O–H groups in total. The molecular weight excluding hydrogens is 391 g/mol. The Bertz CT molecular complexity index is 944. The molecule has 1 amide bonds. The highest BCUT2D eigenvalue weighted by Gasteiger charge is 2.19. The second kappa shape index (κ2) is 8.12. The number of hydrogen-bond acceptors (Lipinski definition) is 4. The summed E-state index contributed by atoms with van der Waals surface area (Å²) in [7, 11) is 0. The maximum Gasteiger partial charge on any atom is 0.238 e. The zero-order valence-electron chi connectivity index (χ0n) is 14.1. The third kappa shape index (κ3) is 4.20. The van der Waals surface area contributed by atoms with E-state index in [2.05, 4.69) is 15.3 Å². The van der Waals surface area contributed by atoms with Gasteiger partial charge in [-0.1, -0.05) is 53.2 Å². The van der Waals surface area contributed by atoms with Crippen LogP contribution >= 0.6 is 35.0 Å². The van der Waals surface area contributed by atoms with Crippen LogP contribution in [-0.4, -0.2) is 25.7 Å². The van der Waals surface area contributed by atoms with E-state index in [0.29, 0.717) is 10.0 Å². The fraction of sp³-hybridized carbons (Fsp3) is 0.167. The molecule has 0 aliphatic rings. The van der Waals surface area contributed by atoms with Gasteiger partial charge in [-0.25, -0.2) is 9.97 Å². The molecule has 3 aromatic rings. The Morgan fingerprint density at radius 2 is 2.04 bits per heavy atom. The second-order valence-corrected chi connectivity index (χ2v) is 7.75. The smallest absolute Gasteiger partial charge is 0.238 e. The summed E-state index contributed by atoms with van der Waals surface area (Å²) in [6.45, 7) is 3.84. The van der Waals surface area contributed by atoms with Gasteiger partial charge in [-0.05, 0) is 31.5 Å². The van der Waals surface area contributed by atoms with E-state index in [0.717, 1.165) is 16.4 Å². The van der Waals surface area contributed by atoms with E-state index in [4.69, 9.17) is 23.2 Å². The zero-order chi connectivity index (χ0) is 18.7. The monoisotopic (exact) mass is 406 g/mol. The Kier molecular flexibility index (Phi) is 5.86. The van der Waals surface area contributed by atoms with Crippen molar-refractivity contribution in [2.45, 2.75) is 24.3 Å². The van der Waals surface area contributed by atoms with Gasteiger partial charge < -0.3 is 5.32 Å².